The maximum absolute atomic E-state index is 13.1. The van der Waals surface area contributed by atoms with Crippen molar-refractivity contribution in [1.29, 1.82) is 0 Å². The van der Waals surface area contributed by atoms with Crippen molar-refractivity contribution in [2.45, 2.75) is 20.8 Å². The van der Waals surface area contributed by atoms with Crippen molar-refractivity contribution in [3.05, 3.63) is 70.8 Å². The topological polar surface area (TPSA) is 101 Å². The highest BCUT2D eigenvalue weighted by Gasteiger charge is 2.18. The van der Waals surface area contributed by atoms with Crippen LogP contribution >= 0.6 is 0 Å². The summed E-state index contributed by atoms with van der Waals surface area (Å²) in [5.41, 5.74) is 8.73. The monoisotopic (exact) mass is 396 g/mol. The largest absolute Gasteiger partial charge is 0.376 e. The van der Waals surface area contributed by atoms with Gasteiger partial charge in [0.2, 0.25) is 0 Å². The second kappa shape index (κ2) is 8.51. The van der Waals surface area contributed by atoms with Gasteiger partial charge in [0.1, 0.15) is 5.82 Å². The smallest absolute Gasteiger partial charge is 0.292 e. The lowest BCUT2D eigenvalue weighted by atomic mass is 10.1. The van der Waals surface area contributed by atoms with E-state index in [0.29, 0.717) is 11.4 Å². The Labute approximate surface area is 167 Å². The second-order valence-electron chi connectivity index (χ2n) is 6.59. The third kappa shape index (κ3) is 4.75. The molecule has 2 amide bonds. The summed E-state index contributed by atoms with van der Waals surface area (Å²) in [4.78, 5) is 24.3. The Bertz CT molecular complexity index is 1050. The molecule has 0 unspecified atom stereocenters. The Hall–Kier alpha value is -3.75. The van der Waals surface area contributed by atoms with Gasteiger partial charge in [-0.2, -0.15) is 0 Å². The summed E-state index contributed by atoms with van der Waals surface area (Å²) in [7, 11) is 0. The van der Waals surface area contributed by atoms with E-state index in [2.05, 4.69) is 26.5 Å². The van der Waals surface area contributed by atoms with Crippen molar-refractivity contribution >= 4 is 17.5 Å². The van der Waals surface area contributed by atoms with Crippen LogP contribution in [0, 0.1) is 26.6 Å². The Balaban J connectivity index is 1.56. The number of aromatic nitrogens is 3. The fourth-order valence-corrected chi connectivity index (χ4v) is 2.78. The normalized spacial score (nSPS) is 10.5. The average molecular weight is 396 g/mol. The van der Waals surface area contributed by atoms with Gasteiger partial charge in [0.25, 0.3) is 11.8 Å². The molecule has 0 aliphatic rings. The van der Waals surface area contributed by atoms with Gasteiger partial charge in [-0.15, -0.1) is 5.10 Å². The van der Waals surface area contributed by atoms with E-state index < -0.39 is 11.8 Å². The number of anilines is 1. The van der Waals surface area contributed by atoms with Gasteiger partial charge in [-0.05, 0) is 56.7 Å². The van der Waals surface area contributed by atoms with Crippen LogP contribution in [0.25, 0.3) is 5.69 Å². The molecule has 0 atom stereocenters. The van der Waals surface area contributed by atoms with Gasteiger partial charge in [0, 0.05) is 5.69 Å². The van der Waals surface area contributed by atoms with Crippen molar-refractivity contribution in [3.8, 4) is 5.69 Å². The van der Waals surface area contributed by atoms with Crippen molar-refractivity contribution in [2.75, 3.05) is 11.9 Å². The van der Waals surface area contributed by atoms with Crippen LogP contribution in [0.3, 0.4) is 0 Å². The fourth-order valence-electron chi connectivity index (χ4n) is 2.78. The molecule has 0 aliphatic heterocycles. The SMILES string of the molecule is Cc1ccc(NCC(=O)NNC(=O)c2nnn(-c3ccc(F)cc3)c2C)c(C)c1. The van der Waals surface area contributed by atoms with Gasteiger partial charge in [0.15, 0.2) is 5.69 Å². The third-order valence-electron chi connectivity index (χ3n) is 4.32. The van der Waals surface area contributed by atoms with Gasteiger partial charge in [-0.3, -0.25) is 20.4 Å². The third-order valence-corrected chi connectivity index (χ3v) is 4.32. The number of hydrazine groups is 1. The molecular formula is C20H21FN6O2. The number of carbonyl (C=O) groups excluding carboxylic acids is 2. The summed E-state index contributed by atoms with van der Waals surface area (Å²) < 4.78 is 14.5. The van der Waals surface area contributed by atoms with E-state index in [-0.39, 0.29) is 18.1 Å². The number of nitrogens with one attached hydrogen (secondary N) is 3. The molecule has 0 saturated heterocycles. The molecule has 3 N–H and O–H groups in total. The zero-order valence-electron chi connectivity index (χ0n) is 16.3. The number of aryl methyl sites for hydroxylation is 2. The molecule has 0 radical (unpaired) electrons. The first-order chi connectivity index (χ1) is 13.8. The number of halogens is 1. The lowest BCUT2D eigenvalue weighted by molar-refractivity contribution is -0.120. The van der Waals surface area contributed by atoms with Crippen molar-refractivity contribution in [1.82, 2.24) is 25.8 Å². The highest BCUT2D eigenvalue weighted by atomic mass is 19.1. The molecule has 0 fully saturated rings. The maximum atomic E-state index is 13.1. The van der Waals surface area contributed by atoms with E-state index in [9.17, 15) is 14.0 Å². The Morgan fingerprint density at radius 3 is 2.45 bits per heavy atom. The maximum Gasteiger partial charge on any atom is 0.292 e. The first-order valence-electron chi connectivity index (χ1n) is 8.93. The molecule has 9 heteroatoms. The van der Waals surface area contributed by atoms with Crippen LogP contribution in [0.15, 0.2) is 42.5 Å². The van der Waals surface area contributed by atoms with Gasteiger partial charge in [0.05, 0.1) is 17.9 Å². The Morgan fingerprint density at radius 2 is 1.76 bits per heavy atom. The molecule has 3 rings (SSSR count). The molecule has 1 heterocycles. The number of nitrogens with zero attached hydrogens (tertiary/aromatic N) is 3. The fraction of sp³-hybridized carbons (Fsp3) is 0.200. The summed E-state index contributed by atoms with van der Waals surface area (Å²) >= 11 is 0. The average Bonchev–Trinajstić information content (AvgIpc) is 3.07. The van der Waals surface area contributed by atoms with E-state index in [1.54, 1.807) is 6.92 Å². The molecule has 1 aromatic heterocycles. The zero-order chi connectivity index (χ0) is 21.0. The molecule has 0 bridgehead atoms. The van der Waals surface area contributed by atoms with Gasteiger partial charge in [-0.1, -0.05) is 22.9 Å². The van der Waals surface area contributed by atoms with Crippen LogP contribution in [0.5, 0.6) is 0 Å². The second-order valence-corrected chi connectivity index (χ2v) is 6.59. The predicted octanol–water partition coefficient (Wildman–Crippen LogP) is 2.20. The first kappa shape index (κ1) is 20.0. The van der Waals surface area contributed by atoms with E-state index in [1.165, 1.54) is 28.9 Å². The molecule has 0 saturated carbocycles. The van der Waals surface area contributed by atoms with Crippen molar-refractivity contribution in [3.63, 3.8) is 0 Å². The predicted molar refractivity (Wildman–Crippen MR) is 106 cm³/mol. The molecule has 0 aliphatic carbocycles. The van der Waals surface area contributed by atoms with Crippen molar-refractivity contribution < 1.29 is 14.0 Å². The molecular weight excluding hydrogens is 375 g/mol. The van der Waals surface area contributed by atoms with E-state index in [0.717, 1.165) is 16.8 Å². The van der Waals surface area contributed by atoms with Crippen molar-refractivity contribution in [2.24, 2.45) is 0 Å². The van der Waals surface area contributed by atoms with Gasteiger partial charge >= 0.3 is 0 Å². The standard InChI is InChI=1S/C20H21FN6O2/c1-12-4-9-17(13(2)10-12)22-11-18(28)23-25-20(29)19-14(3)27(26-24-19)16-7-5-15(21)6-8-16/h4-10,22H,11H2,1-3H3,(H,23,28)(H,25,29). The Morgan fingerprint density at radius 1 is 1.03 bits per heavy atom. The lowest BCUT2D eigenvalue weighted by Crippen LogP contribution is -2.44. The van der Waals surface area contributed by atoms with Gasteiger partial charge < -0.3 is 5.32 Å². The zero-order valence-corrected chi connectivity index (χ0v) is 16.3. The molecule has 150 valence electrons. The minimum absolute atomic E-state index is 0.00850. The molecule has 3 aromatic rings. The van der Waals surface area contributed by atoms with Gasteiger partial charge in [-0.25, -0.2) is 9.07 Å². The quantitative estimate of drug-likeness (QED) is 0.574. The summed E-state index contributed by atoms with van der Waals surface area (Å²) in [6.07, 6.45) is 0. The summed E-state index contributed by atoms with van der Waals surface area (Å²) in [6.45, 7) is 5.59. The molecule has 8 nitrogen and oxygen atoms in total. The number of hydrogen-bond donors (Lipinski definition) is 3. The Kier molecular flexibility index (Phi) is 5.87. The number of benzene rings is 2. The van der Waals surface area contributed by atoms with Crippen LogP contribution in [0.2, 0.25) is 0 Å². The van der Waals surface area contributed by atoms with Crippen LogP contribution in [-0.2, 0) is 4.79 Å². The summed E-state index contributed by atoms with van der Waals surface area (Å²) in [6, 6.07) is 11.5. The van der Waals surface area contributed by atoms with E-state index >= 15 is 0 Å². The highest BCUT2D eigenvalue weighted by molar-refractivity contribution is 5.95. The van der Waals surface area contributed by atoms with E-state index in [4.69, 9.17) is 0 Å². The molecule has 29 heavy (non-hydrogen) atoms. The molecule has 0 spiro atoms. The van der Waals surface area contributed by atoms with Crippen LogP contribution < -0.4 is 16.2 Å². The minimum atomic E-state index is -0.601. The highest BCUT2D eigenvalue weighted by Crippen LogP contribution is 2.15. The van der Waals surface area contributed by atoms with Crippen LogP contribution in [0.4, 0.5) is 10.1 Å². The summed E-state index contributed by atoms with van der Waals surface area (Å²) in [5, 5.41) is 10.8. The van der Waals surface area contributed by atoms with Crippen LogP contribution in [0.1, 0.15) is 27.3 Å². The van der Waals surface area contributed by atoms with E-state index in [1.807, 2.05) is 32.0 Å². The first-order valence-corrected chi connectivity index (χ1v) is 8.93. The number of rotatable bonds is 5. The van der Waals surface area contributed by atoms with Crippen LogP contribution in [-0.4, -0.2) is 33.4 Å². The minimum Gasteiger partial charge on any atom is -0.376 e. The number of carbonyl (C=O) groups is 2. The lowest BCUT2D eigenvalue weighted by Gasteiger charge is -2.11. The molecule has 2 aromatic carbocycles. The number of amides is 2. The number of hydrogen-bond acceptors (Lipinski definition) is 5. The summed E-state index contributed by atoms with van der Waals surface area (Å²) in [5.74, 6) is -1.39.